The molecule has 0 saturated carbocycles. The number of carbonyl (C=O) groups is 2. The Bertz CT molecular complexity index is 1470. The lowest BCUT2D eigenvalue weighted by Gasteiger charge is -2.22. The monoisotopic (exact) mass is 543 g/mol. The molecule has 2 aliphatic rings. The third kappa shape index (κ3) is 5.06. The van der Waals surface area contributed by atoms with Crippen LogP contribution in [-0.4, -0.2) is 90.8 Å². The Labute approximate surface area is 232 Å². The molecule has 2 aromatic carbocycles. The zero-order valence-electron chi connectivity index (χ0n) is 22.6. The SMILES string of the molecule is COCCN1CCOCCn2cc(c3ccccc32)C2=C(C(=O)NC2=O)c2nn(c3ccccc23)CCOCC1. The summed E-state index contributed by atoms with van der Waals surface area (Å²) in [7, 11) is 1.71. The van der Waals surface area contributed by atoms with E-state index in [2.05, 4.69) is 14.8 Å². The predicted molar refractivity (Wildman–Crippen MR) is 152 cm³/mol. The standard InChI is InChI=1S/C30H33N5O5/c1-38-15-10-33-11-16-39-18-13-34-20-23(21-6-2-4-8-24(21)34)26-27(30(37)31-29(26)36)28-22-7-3-5-9-25(22)35(32-28)14-19-40-17-12-33/h2-9,20H,10-19H2,1H3,(H,31,36,37). The second-order valence-corrected chi connectivity index (χ2v) is 9.93. The number of rotatable bonds is 3. The van der Waals surface area contributed by atoms with Crippen LogP contribution in [0.3, 0.4) is 0 Å². The smallest absolute Gasteiger partial charge is 0.261 e. The van der Waals surface area contributed by atoms with Crippen LogP contribution >= 0.6 is 0 Å². The first-order valence-electron chi connectivity index (χ1n) is 13.7. The van der Waals surface area contributed by atoms with Gasteiger partial charge < -0.3 is 18.8 Å². The fraction of sp³-hybridized carbons (Fsp3) is 0.367. The molecule has 2 amide bonds. The molecular weight excluding hydrogens is 510 g/mol. The van der Waals surface area contributed by atoms with E-state index in [1.165, 1.54) is 0 Å². The third-order valence-corrected chi connectivity index (χ3v) is 7.52. The Kier molecular flexibility index (Phi) is 7.74. The fourth-order valence-electron chi connectivity index (χ4n) is 5.51. The molecule has 4 heterocycles. The van der Waals surface area contributed by atoms with Crippen molar-refractivity contribution in [2.24, 2.45) is 0 Å². The zero-order chi connectivity index (χ0) is 27.5. The Balaban J connectivity index is 1.45. The molecule has 0 fully saturated rings. The van der Waals surface area contributed by atoms with Gasteiger partial charge in [0.25, 0.3) is 11.8 Å². The molecule has 10 nitrogen and oxygen atoms in total. The molecule has 0 unspecified atom stereocenters. The van der Waals surface area contributed by atoms with Gasteiger partial charge in [-0.05, 0) is 12.1 Å². The number of hydrogen-bond acceptors (Lipinski definition) is 7. The topological polar surface area (TPSA) is 99.9 Å². The van der Waals surface area contributed by atoms with E-state index in [1.807, 2.05) is 59.4 Å². The summed E-state index contributed by atoms with van der Waals surface area (Å²) in [6, 6.07) is 15.7. The van der Waals surface area contributed by atoms with E-state index in [9.17, 15) is 9.59 Å². The maximum Gasteiger partial charge on any atom is 0.261 e. The summed E-state index contributed by atoms with van der Waals surface area (Å²) in [5.41, 5.74) is 3.71. The minimum atomic E-state index is -0.436. The van der Waals surface area contributed by atoms with Crippen molar-refractivity contribution in [1.82, 2.24) is 24.6 Å². The van der Waals surface area contributed by atoms with Crippen molar-refractivity contribution in [3.8, 4) is 0 Å². The molecule has 1 N–H and O–H groups in total. The Morgan fingerprint density at radius 3 is 2.25 bits per heavy atom. The normalized spacial score (nSPS) is 18.0. The van der Waals surface area contributed by atoms with Crippen molar-refractivity contribution in [3.63, 3.8) is 0 Å². The van der Waals surface area contributed by atoms with Gasteiger partial charge in [0.05, 0.1) is 56.2 Å². The molecule has 40 heavy (non-hydrogen) atoms. The Morgan fingerprint density at radius 2 is 1.48 bits per heavy atom. The van der Waals surface area contributed by atoms with Crippen LogP contribution in [0, 0.1) is 0 Å². The zero-order valence-corrected chi connectivity index (χ0v) is 22.6. The van der Waals surface area contributed by atoms with Gasteiger partial charge in [-0.2, -0.15) is 5.10 Å². The number of imide groups is 1. The summed E-state index contributed by atoms with van der Waals surface area (Å²) in [6.45, 7) is 6.24. The molecule has 10 heteroatoms. The number of carbonyl (C=O) groups excluding carboxylic acids is 2. The number of hydrogen-bond donors (Lipinski definition) is 1. The first-order valence-corrected chi connectivity index (χ1v) is 13.7. The molecule has 6 rings (SSSR count). The number of nitrogens with one attached hydrogen (secondary N) is 1. The van der Waals surface area contributed by atoms with Gasteiger partial charge in [0.1, 0.15) is 5.69 Å². The average Bonchev–Trinajstić information content (AvgIpc) is 3.60. The van der Waals surface area contributed by atoms with E-state index in [0.29, 0.717) is 68.5 Å². The highest BCUT2D eigenvalue weighted by Gasteiger charge is 2.36. The van der Waals surface area contributed by atoms with E-state index in [-0.39, 0.29) is 0 Å². The Morgan fingerprint density at radius 1 is 0.825 bits per heavy atom. The summed E-state index contributed by atoms with van der Waals surface area (Å²) >= 11 is 0. The third-order valence-electron chi connectivity index (χ3n) is 7.52. The first kappa shape index (κ1) is 26.4. The van der Waals surface area contributed by atoms with Crippen LogP contribution in [0.15, 0.2) is 54.7 Å². The summed E-state index contributed by atoms with van der Waals surface area (Å²) < 4.78 is 21.2. The number of methoxy groups -OCH3 is 1. The van der Waals surface area contributed by atoms with Gasteiger partial charge in [-0.3, -0.25) is 24.5 Å². The molecule has 0 aliphatic carbocycles. The maximum atomic E-state index is 13.3. The van der Waals surface area contributed by atoms with Gasteiger partial charge in [-0.25, -0.2) is 0 Å². The molecule has 2 aromatic heterocycles. The number of benzene rings is 2. The number of amides is 2. The average molecular weight is 544 g/mol. The second-order valence-electron chi connectivity index (χ2n) is 9.93. The van der Waals surface area contributed by atoms with Crippen molar-refractivity contribution in [3.05, 3.63) is 66.0 Å². The summed E-state index contributed by atoms with van der Waals surface area (Å²) in [6.07, 6.45) is 1.95. The highest BCUT2D eigenvalue weighted by Crippen LogP contribution is 2.37. The fourth-order valence-corrected chi connectivity index (χ4v) is 5.51. The minimum absolute atomic E-state index is 0.298. The number of ether oxygens (including phenoxy) is 3. The molecule has 0 spiro atoms. The van der Waals surface area contributed by atoms with Gasteiger partial charge in [-0.1, -0.05) is 36.4 Å². The van der Waals surface area contributed by atoms with Crippen LogP contribution < -0.4 is 5.32 Å². The van der Waals surface area contributed by atoms with Gasteiger partial charge in [0.15, 0.2) is 0 Å². The van der Waals surface area contributed by atoms with Crippen molar-refractivity contribution in [2.75, 3.05) is 59.8 Å². The number of nitrogens with zero attached hydrogens (tertiary/aromatic N) is 4. The maximum absolute atomic E-state index is 13.3. The van der Waals surface area contributed by atoms with Crippen LogP contribution in [-0.2, 0) is 36.9 Å². The molecule has 2 aliphatic heterocycles. The largest absolute Gasteiger partial charge is 0.383 e. The van der Waals surface area contributed by atoms with E-state index in [1.54, 1.807) is 7.11 Å². The molecular formula is C30H33N5O5. The lowest BCUT2D eigenvalue weighted by Crippen LogP contribution is -2.34. The lowest BCUT2D eigenvalue weighted by molar-refractivity contribution is -0.122. The van der Waals surface area contributed by atoms with Crippen molar-refractivity contribution >= 4 is 44.8 Å². The number of aromatic nitrogens is 3. The van der Waals surface area contributed by atoms with Crippen LogP contribution in [0.1, 0.15) is 11.3 Å². The molecule has 0 saturated heterocycles. The van der Waals surface area contributed by atoms with Gasteiger partial charge in [0.2, 0.25) is 0 Å². The van der Waals surface area contributed by atoms with E-state index in [0.717, 1.165) is 41.4 Å². The highest BCUT2D eigenvalue weighted by atomic mass is 16.5. The van der Waals surface area contributed by atoms with Crippen molar-refractivity contribution < 1.29 is 23.8 Å². The van der Waals surface area contributed by atoms with E-state index >= 15 is 0 Å². The number of fused-ring (bicyclic) bond motifs is 12. The van der Waals surface area contributed by atoms with E-state index < -0.39 is 11.8 Å². The van der Waals surface area contributed by atoms with Gasteiger partial charge >= 0.3 is 0 Å². The second kappa shape index (κ2) is 11.7. The highest BCUT2D eigenvalue weighted by molar-refractivity contribution is 6.50. The van der Waals surface area contributed by atoms with Gasteiger partial charge in [-0.15, -0.1) is 0 Å². The molecule has 4 aromatic rings. The Hall–Kier alpha value is -3.83. The molecule has 0 atom stereocenters. The van der Waals surface area contributed by atoms with Crippen LogP contribution in [0.25, 0.3) is 33.0 Å². The number of para-hydroxylation sites is 2. The molecule has 4 bridgehead atoms. The van der Waals surface area contributed by atoms with Crippen LogP contribution in [0.2, 0.25) is 0 Å². The minimum Gasteiger partial charge on any atom is -0.383 e. The molecule has 208 valence electrons. The summed E-state index contributed by atoms with van der Waals surface area (Å²) in [4.78, 5) is 28.9. The summed E-state index contributed by atoms with van der Waals surface area (Å²) in [5, 5.41) is 9.11. The predicted octanol–water partition coefficient (Wildman–Crippen LogP) is 2.55. The van der Waals surface area contributed by atoms with Crippen molar-refractivity contribution in [1.29, 1.82) is 0 Å². The lowest BCUT2D eigenvalue weighted by atomic mass is 9.97. The summed E-state index contributed by atoms with van der Waals surface area (Å²) in [5.74, 6) is -0.850. The van der Waals surface area contributed by atoms with E-state index in [4.69, 9.17) is 19.3 Å². The van der Waals surface area contributed by atoms with Crippen LogP contribution in [0.5, 0.6) is 0 Å². The van der Waals surface area contributed by atoms with Crippen molar-refractivity contribution in [2.45, 2.75) is 13.1 Å². The van der Waals surface area contributed by atoms with Crippen LogP contribution in [0.4, 0.5) is 0 Å². The van der Waals surface area contributed by atoms with Gasteiger partial charge in [0, 0.05) is 61.3 Å². The molecule has 0 radical (unpaired) electrons. The first-order chi connectivity index (χ1) is 19.7. The quantitative estimate of drug-likeness (QED) is 0.397.